The van der Waals surface area contributed by atoms with Crippen LogP contribution in [0.1, 0.15) is 36.1 Å². The molecule has 0 radical (unpaired) electrons. The van der Waals surface area contributed by atoms with Crippen LogP contribution in [-0.2, 0) is 6.18 Å². The van der Waals surface area contributed by atoms with Gasteiger partial charge in [-0.05, 0) is 30.7 Å². The number of anilines is 1. The molecular weight excluding hydrogens is 451 g/mol. The molecule has 3 aromatic carbocycles. The summed E-state index contributed by atoms with van der Waals surface area (Å²) < 4.78 is 69.4. The summed E-state index contributed by atoms with van der Waals surface area (Å²) in [4.78, 5) is 13.2. The van der Waals surface area contributed by atoms with Crippen LogP contribution in [0.2, 0.25) is 0 Å². The predicted octanol–water partition coefficient (Wildman–Crippen LogP) is 6.92. The Hall–Kier alpha value is -3.88. The van der Waals surface area contributed by atoms with Gasteiger partial charge >= 0.3 is 6.18 Å². The van der Waals surface area contributed by atoms with Gasteiger partial charge < -0.3 is 5.32 Å². The van der Waals surface area contributed by atoms with Gasteiger partial charge in [0.2, 0.25) is 0 Å². The minimum absolute atomic E-state index is 0.134. The van der Waals surface area contributed by atoms with Gasteiger partial charge in [0.15, 0.2) is 5.82 Å². The predicted molar refractivity (Wildman–Crippen MR) is 120 cm³/mol. The van der Waals surface area contributed by atoms with E-state index in [-0.39, 0.29) is 34.2 Å². The third kappa shape index (κ3) is 3.76. The number of nitrogens with zero attached hydrogens (tertiary/aromatic N) is 3. The largest absolute Gasteiger partial charge is 0.417 e. The minimum atomic E-state index is -4.60. The number of rotatable bonds is 3. The lowest BCUT2D eigenvalue weighted by atomic mass is 10.0. The van der Waals surface area contributed by atoms with Crippen molar-refractivity contribution < 1.29 is 22.0 Å². The van der Waals surface area contributed by atoms with E-state index in [4.69, 9.17) is 0 Å². The van der Waals surface area contributed by atoms with Crippen molar-refractivity contribution in [2.45, 2.75) is 25.6 Å². The molecule has 0 aliphatic carbocycles. The van der Waals surface area contributed by atoms with Crippen molar-refractivity contribution in [3.63, 3.8) is 0 Å². The monoisotopic (exact) mass is 468 g/mol. The van der Waals surface area contributed by atoms with E-state index in [1.165, 1.54) is 24.3 Å². The molecule has 0 fully saturated rings. The van der Waals surface area contributed by atoms with Crippen molar-refractivity contribution in [1.29, 1.82) is 0 Å². The number of fused-ring (bicyclic) bond motifs is 2. The molecule has 1 N–H and O–H groups in total. The second-order valence-corrected chi connectivity index (χ2v) is 7.83. The molecule has 1 aromatic heterocycles. The van der Waals surface area contributed by atoms with Crippen LogP contribution in [0.4, 0.5) is 27.8 Å². The molecule has 1 aliphatic heterocycles. The molecule has 9 heteroatoms. The Balaban J connectivity index is 1.67. The quantitative estimate of drug-likeness (QED) is 0.332. The Morgan fingerprint density at radius 2 is 1.65 bits per heavy atom. The third-order valence-electron chi connectivity index (χ3n) is 5.67. The van der Waals surface area contributed by atoms with Crippen LogP contribution in [0.5, 0.6) is 0 Å². The standard InChI is InChI=1S/C25H17F5N4/c1-2-19-21-16(11-13(26)12-18(21)27)24(31-19)34-23-15-8-4-6-10-20(15)32-22(33-23)14-7-3-5-9-17(14)25(28,29)30/h3-12,19H,2H2,1H3,(H,31,32,33,34). The van der Waals surface area contributed by atoms with Gasteiger partial charge in [-0.1, -0.05) is 37.3 Å². The van der Waals surface area contributed by atoms with Crippen molar-refractivity contribution in [2.75, 3.05) is 5.32 Å². The lowest BCUT2D eigenvalue weighted by Gasteiger charge is -2.15. The number of nitrogens with one attached hydrogen (secondary N) is 1. The van der Waals surface area contributed by atoms with Crippen LogP contribution in [0.25, 0.3) is 22.3 Å². The molecule has 2 heterocycles. The highest BCUT2D eigenvalue weighted by Crippen LogP contribution is 2.38. The van der Waals surface area contributed by atoms with Crippen molar-refractivity contribution in [2.24, 2.45) is 4.99 Å². The van der Waals surface area contributed by atoms with E-state index >= 15 is 0 Å². The van der Waals surface area contributed by atoms with E-state index in [9.17, 15) is 22.0 Å². The highest BCUT2D eigenvalue weighted by atomic mass is 19.4. The summed E-state index contributed by atoms with van der Waals surface area (Å²) in [6.45, 7) is 1.83. The van der Waals surface area contributed by atoms with Gasteiger partial charge in [-0.25, -0.2) is 18.7 Å². The number of alkyl halides is 3. The zero-order valence-electron chi connectivity index (χ0n) is 17.8. The SMILES string of the molecule is CCC1N=C(Nc2nc(-c3ccccc3C(F)(F)F)nc3ccccc23)c2cc(F)cc(F)c21. The highest BCUT2D eigenvalue weighted by Gasteiger charge is 2.34. The zero-order valence-corrected chi connectivity index (χ0v) is 17.8. The maximum Gasteiger partial charge on any atom is 0.417 e. The van der Waals surface area contributed by atoms with Crippen LogP contribution >= 0.6 is 0 Å². The Labute approximate surface area is 191 Å². The van der Waals surface area contributed by atoms with Gasteiger partial charge in [-0.15, -0.1) is 0 Å². The summed E-state index contributed by atoms with van der Waals surface area (Å²) in [6.07, 6.45) is -4.12. The fourth-order valence-corrected chi connectivity index (χ4v) is 4.13. The van der Waals surface area contributed by atoms with Crippen molar-refractivity contribution in [1.82, 2.24) is 9.97 Å². The number of para-hydroxylation sites is 1. The molecule has 0 spiro atoms. The van der Waals surface area contributed by atoms with Crippen LogP contribution in [0.3, 0.4) is 0 Å². The highest BCUT2D eigenvalue weighted by molar-refractivity contribution is 6.13. The van der Waals surface area contributed by atoms with Gasteiger partial charge in [0, 0.05) is 28.1 Å². The number of amidine groups is 1. The molecule has 0 saturated carbocycles. The minimum Gasteiger partial charge on any atom is -0.324 e. The molecule has 0 bridgehead atoms. The van der Waals surface area contributed by atoms with E-state index in [0.717, 1.165) is 12.1 Å². The number of hydrogen-bond acceptors (Lipinski definition) is 4. The average Bonchev–Trinajstić information content (AvgIpc) is 3.16. The summed E-state index contributed by atoms with van der Waals surface area (Å²) in [7, 11) is 0. The van der Waals surface area contributed by atoms with Crippen LogP contribution < -0.4 is 5.32 Å². The molecule has 4 nitrogen and oxygen atoms in total. The van der Waals surface area contributed by atoms with E-state index in [1.807, 2.05) is 6.92 Å². The Morgan fingerprint density at radius 3 is 2.41 bits per heavy atom. The number of benzene rings is 3. The summed E-state index contributed by atoms with van der Waals surface area (Å²) >= 11 is 0. The zero-order chi connectivity index (χ0) is 24.0. The summed E-state index contributed by atoms with van der Waals surface area (Å²) in [5.74, 6) is -1.21. The van der Waals surface area contributed by atoms with Gasteiger partial charge in [0.05, 0.1) is 17.1 Å². The van der Waals surface area contributed by atoms with Crippen molar-refractivity contribution in [3.05, 3.63) is 89.0 Å². The Kier molecular flexibility index (Phi) is 5.27. The van der Waals surface area contributed by atoms with Crippen molar-refractivity contribution in [3.8, 4) is 11.4 Å². The van der Waals surface area contributed by atoms with E-state index in [1.54, 1.807) is 24.3 Å². The first-order valence-electron chi connectivity index (χ1n) is 10.5. The smallest absolute Gasteiger partial charge is 0.324 e. The summed E-state index contributed by atoms with van der Waals surface area (Å²) in [6, 6.07) is 13.3. The first-order chi connectivity index (χ1) is 16.3. The number of aliphatic imine (C=N–C) groups is 1. The molecule has 5 rings (SSSR count). The summed E-state index contributed by atoms with van der Waals surface area (Å²) in [5, 5.41) is 3.54. The van der Waals surface area contributed by atoms with E-state index in [2.05, 4.69) is 20.3 Å². The van der Waals surface area contributed by atoms with Crippen LogP contribution in [0, 0.1) is 11.6 Å². The molecule has 172 valence electrons. The molecule has 34 heavy (non-hydrogen) atoms. The van der Waals surface area contributed by atoms with E-state index < -0.39 is 29.4 Å². The first kappa shape index (κ1) is 21.9. The van der Waals surface area contributed by atoms with Gasteiger partial charge in [-0.2, -0.15) is 13.2 Å². The van der Waals surface area contributed by atoms with E-state index in [0.29, 0.717) is 17.3 Å². The fraction of sp³-hybridized carbons (Fsp3) is 0.160. The summed E-state index contributed by atoms with van der Waals surface area (Å²) in [5.41, 5.74) is -0.115. The number of hydrogen-bond donors (Lipinski definition) is 1. The third-order valence-corrected chi connectivity index (χ3v) is 5.67. The second-order valence-electron chi connectivity index (χ2n) is 7.83. The molecule has 1 atom stereocenters. The second kappa shape index (κ2) is 8.16. The normalized spacial score (nSPS) is 15.4. The van der Waals surface area contributed by atoms with Crippen LogP contribution in [0.15, 0.2) is 65.7 Å². The number of halogens is 5. The molecule has 1 aliphatic rings. The average molecular weight is 468 g/mol. The van der Waals surface area contributed by atoms with Crippen LogP contribution in [-0.4, -0.2) is 15.8 Å². The molecular formula is C25H17F5N4. The number of aromatic nitrogens is 2. The van der Waals surface area contributed by atoms with Gasteiger partial charge in [0.25, 0.3) is 0 Å². The lowest BCUT2D eigenvalue weighted by Crippen LogP contribution is -2.15. The Morgan fingerprint density at radius 1 is 0.912 bits per heavy atom. The van der Waals surface area contributed by atoms with Gasteiger partial charge in [0.1, 0.15) is 23.3 Å². The first-order valence-corrected chi connectivity index (χ1v) is 10.5. The fourth-order valence-electron chi connectivity index (χ4n) is 4.13. The maximum atomic E-state index is 14.5. The maximum absolute atomic E-state index is 14.5. The molecule has 0 saturated heterocycles. The molecule has 0 amide bonds. The van der Waals surface area contributed by atoms with Gasteiger partial charge in [-0.3, -0.25) is 4.99 Å². The molecule has 4 aromatic rings. The topological polar surface area (TPSA) is 50.2 Å². The lowest BCUT2D eigenvalue weighted by molar-refractivity contribution is -0.137. The molecule has 1 unspecified atom stereocenters. The Bertz CT molecular complexity index is 1450. The van der Waals surface area contributed by atoms with Crippen molar-refractivity contribution >= 4 is 22.6 Å².